The van der Waals surface area contributed by atoms with Crippen LogP contribution in [0.4, 0.5) is 5.69 Å². The Kier molecular flexibility index (Phi) is 6.18. The van der Waals surface area contributed by atoms with Gasteiger partial charge in [0.1, 0.15) is 0 Å². The first-order valence-electron chi connectivity index (χ1n) is 6.45. The highest BCUT2D eigenvalue weighted by molar-refractivity contribution is 6.01. The quantitative estimate of drug-likeness (QED) is 0.812. The fourth-order valence-corrected chi connectivity index (χ4v) is 1.91. The molecule has 0 spiro atoms. The summed E-state index contributed by atoms with van der Waals surface area (Å²) in [6, 6.07) is 5.24. The van der Waals surface area contributed by atoms with Crippen LogP contribution in [0, 0.1) is 12.8 Å². The van der Waals surface area contributed by atoms with E-state index in [2.05, 4.69) is 5.32 Å². The van der Waals surface area contributed by atoms with Gasteiger partial charge >= 0.3 is 5.97 Å². The van der Waals surface area contributed by atoms with Crippen LogP contribution in [0.2, 0.25) is 0 Å². The summed E-state index contributed by atoms with van der Waals surface area (Å²) in [5.41, 5.74) is 1.76. The lowest BCUT2D eigenvalue weighted by atomic mass is 10.1. The summed E-state index contributed by atoms with van der Waals surface area (Å²) in [4.78, 5) is 23.6. The van der Waals surface area contributed by atoms with Gasteiger partial charge in [0.05, 0.1) is 18.4 Å². The van der Waals surface area contributed by atoms with Gasteiger partial charge in [0.15, 0.2) is 0 Å². The first-order valence-corrected chi connectivity index (χ1v) is 6.45. The molecule has 5 heteroatoms. The lowest BCUT2D eigenvalue weighted by molar-refractivity contribution is -0.117. The molecule has 0 bridgehead atoms. The average molecular weight is 279 g/mol. The van der Waals surface area contributed by atoms with Crippen LogP contribution >= 0.6 is 0 Å². The molecule has 0 aliphatic heterocycles. The molecule has 110 valence electrons. The van der Waals surface area contributed by atoms with Gasteiger partial charge in [0.2, 0.25) is 5.91 Å². The van der Waals surface area contributed by atoms with E-state index in [0.717, 1.165) is 5.56 Å². The van der Waals surface area contributed by atoms with Crippen molar-refractivity contribution in [1.82, 2.24) is 0 Å². The third kappa shape index (κ3) is 4.66. The Balaban J connectivity index is 2.81. The Bertz CT molecular complexity index is 485. The van der Waals surface area contributed by atoms with Crippen LogP contribution in [0.1, 0.15) is 29.3 Å². The Morgan fingerprint density at radius 2 is 2.00 bits per heavy atom. The standard InChI is InChI=1S/C15H21NO4/c1-10-5-6-13(12(7-10)15(18)20-4)16-14(17)8-11(2)9-19-3/h5-7,11H,8-9H2,1-4H3,(H,16,17). The summed E-state index contributed by atoms with van der Waals surface area (Å²) in [6.45, 7) is 4.32. The zero-order valence-electron chi connectivity index (χ0n) is 12.4. The summed E-state index contributed by atoms with van der Waals surface area (Å²) in [6.07, 6.45) is 0.336. The molecule has 0 heterocycles. The molecule has 1 atom stereocenters. The minimum atomic E-state index is -0.464. The third-order valence-corrected chi connectivity index (χ3v) is 2.84. The van der Waals surface area contributed by atoms with Crippen LogP contribution in [-0.2, 0) is 14.3 Å². The van der Waals surface area contributed by atoms with E-state index in [1.54, 1.807) is 19.2 Å². The highest BCUT2D eigenvalue weighted by Crippen LogP contribution is 2.19. The second kappa shape index (κ2) is 7.65. The van der Waals surface area contributed by atoms with E-state index in [4.69, 9.17) is 9.47 Å². The van der Waals surface area contributed by atoms with Crippen molar-refractivity contribution in [2.45, 2.75) is 20.3 Å². The number of methoxy groups -OCH3 is 2. The van der Waals surface area contributed by atoms with Gasteiger partial charge in [-0.2, -0.15) is 0 Å². The van der Waals surface area contributed by atoms with Gasteiger partial charge in [-0.3, -0.25) is 4.79 Å². The molecular weight excluding hydrogens is 258 g/mol. The first kappa shape index (κ1) is 16.2. The monoisotopic (exact) mass is 279 g/mol. The average Bonchev–Trinajstić information content (AvgIpc) is 2.40. The van der Waals surface area contributed by atoms with Crippen LogP contribution in [0.25, 0.3) is 0 Å². The van der Waals surface area contributed by atoms with Crippen molar-refractivity contribution in [3.8, 4) is 0 Å². The van der Waals surface area contributed by atoms with Gasteiger partial charge in [-0.15, -0.1) is 0 Å². The van der Waals surface area contributed by atoms with Crippen molar-refractivity contribution in [1.29, 1.82) is 0 Å². The van der Waals surface area contributed by atoms with E-state index in [1.165, 1.54) is 7.11 Å². The van der Waals surface area contributed by atoms with Crippen molar-refractivity contribution in [3.05, 3.63) is 29.3 Å². The van der Waals surface area contributed by atoms with Crippen molar-refractivity contribution >= 4 is 17.6 Å². The number of rotatable bonds is 6. The van der Waals surface area contributed by atoms with E-state index < -0.39 is 5.97 Å². The molecule has 0 aliphatic carbocycles. The zero-order valence-corrected chi connectivity index (χ0v) is 12.4. The minimum Gasteiger partial charge on any atom is -0.465 e. The molecule has 1 amide bonds. The molecule has 1 aromatic carbocycles. The Morgan fingerprint density at radius 1 is 1.30 bits per heavy atom. The molecule has 20 heavy (non-hydrogen) atoms. The molecule has 1 N–H and O–H groups in total. The summed E-state index contributed by atoms with van der Waals surface area (Å²) in [5.74, 6) is -0.496. The topological polar surface area (TPSA) is 64.6 Å². The number of anilines is 1. The van der Waals surface area contributed by atoms with E-state index in [-0.39, 0.29) is 11.8 Å². The van der Waals surface area contributed by atoms with Crippen molar-refractivity contribution in [2.75, 3.05) is 26.1 Å². The third-order valence-electron chi connectivity index (χ3n) is 2.84. The molecule has 0 saturated carbocycles. The van der Waals surface area contributed by atoms with Crippen molar-refractivity contribution < 1.29 is 19.1 Å². The summed E-state index contributed by atoms with van der Waals surface area (Å²) < 4.78 is 9.72. The SMILES string of the molecule is COCC(C)CC(=O)Nc1ccc(C)cc1C(=O)OC. The van der Waals surface area contributed by atoms with E-state index in [9.17, 15) is 9.59 Å². The number of benzene rings is 1. The highest BCUT2D eigenvalue weighted by Gasteiger charge is 2.15. The fourth-order valence-electron chi connectivity index (χ4n) is 1.91. The smallest absolute Gasteiger partial charge is 0.339 e. The van der Waals surface area contributed by atoms with E-state index >= 15 is 0 Å². The molecule has 0 fully saturated rings. The lowest BCUT2D eigenvalue weighted by Gasteiger charge is -2.13. The molecule has 5 nitrogen and oxygen atoms in total. The number of carbonyl (C=O) groups excluding carboxylic acids is 2. The number of carbonyl (C=O) groups is 2. The molecule has 0 radical (unpaired) electrons. The molecule has 0 saturated heterocycles. The zero-order chi connectivity index (χ0) is 15.1. The molecule has 1 aromatic rings. The molecular formula is C15H21NO4. The largest absolute Gasteiger partial charge is 0.465 e. The number of esters is 1. The number of hydrogen-bond donors (Lipinski definition) is 1. The van der Waals surface area contributed by atoms with Gasteiger partial charge in [0, 0.05) is 20.1 Å². The number of hydrogen-bond acceptors (Lipinski definition) is 4. The number of amides is 1. The Hall–Kier alpha value is -1.88. The van der Waals surface area contributed by atoms with Crippen molar-refractivity contribution in [3.63, 3.8) is 0 Å². The normalized spacial score (nSPS) is 11.8. The predicted molar refractivity (Wildman–Crippen MR) is 76.8 cm³/mol. The van der Waals surface area contributed by atoms with Crippen LogP contribution in [0.15, 0.2) is 18.2 Å². The number of nitrogens with one attached hydrogen (secondary N) is 1. The first-order chi connectivity index (χ1) is 9.47. The number of ether oxygens (including phenoxy) is 2. The number of aryl methyl sites for hydroxylation is 1. The maximum atomic E-state index is 11.9. The van der Waals surface area contributed by atoms with E-state index in [1.807, 2.05) is 19.9 Å². The van der Waals surface area contributed by atoms with Gasteiger partial charge in [-0.05, 0) is 25.0 Å². The van der Waals surface area contributed by atoms with Crippen LogP contribution in [0.3, 0.4) is 0 Å². The lowest BCUT2D eigenvalue weighted by Crippen LogP contribution is -2.19. The fraction of sp³-hybridized carbons (Fsp3) is 0.467. The van der Waals surface area contributed by atoms with Crippen LogP contribution in [0.5, 0.6) is 0 Å². The molecule has 1 rings (SSSR count). The molecule has 0 aromatic heterocycles. The van der Waals surface area contributed by atoms with Crippen LogP contribution in [-0.4, -0.2) is 32.7 Å². The summed E-state index contributed by atoms with van der Waals surface area (Å²) >= 11 is 0. The maximum absolute atomic E-state index is 11.9. The molecule has 1 unspecified atom stereocenters. The van der Waals surface area contributed by atoms with Gasteiger partial charge < -0.3 is 14.8 Å². The van der Waals surface area contributed by atoms with Gasteiger partial charge in [-0.1, -0.05) is 18.6 Å². The predicted octanol–water partition coefficient (Wildman–Crippen LogP) is 2.39. The van der Waals surface area contributed by atoms with Crippen molar-refractivity contribution in [2.24, 2.45) is 5.92 Å². The second-order valence-electron chi connectivity index (χ2n) is 4.85. The summed E-state index contributed by atoms with van der Waals surface area (Å²) in [7, 11) is 2.92. The summed E-state index contributed by atoms with van der Waals surface area (Å²) in [5, 5.41) is 2.75. The van der Waals surface area contributed by atoms with E-state index in [0.29, 0.717) is 24.3 Å². The highest BCUT2D eigenvalue weighted by atomic mass is 16.5. The Morgan fingerprint density at radius 3 is 2.60 bits per heavy atom. The minimum absolute atomic E-state index is 0.118. The van der Waals surface area contributed by atoms with Gasteiger partial charge in [0.25, 0.3) is 0 Å². The molecule has 0 aliphatic rings. The second-order valence-corrected chi connectivity index (χ2v) is 4.85. The maximum Gasteiger partial charge on any atom is 0.339 e. The van der Waals surface area contributed by atoms with Gasteiger partial charge in [-0.25, -0.2) is 4.79 Å². The Labute approximate surface area is 119 Å². The van der Waals surface area contributed by atoms with Crippen LogP contribution < -0.4 is 5.32 Å².